The fraction of sp³-hybridized carbons (Fsp3) is 0.588. The quantitative estimate of drug-likeness (QED) is 0.624. The van der Waals surface area contributed by atoms with Crippen LogP contribution in [0.1, 0.15) is 38.2 Å². The van der Waals surface area contributed by atoms with Crippen LogP contribution in [-0.2, 0) is 19.9 Å². The van der Waals surface area contributed by atoms with E-state index < -0.39 is 0 Å². The molecule has 1 aliphatic carbocycles. The maximum Gasteiger partial charge on any atom is 0.308 e. The molecule has 3 nitrogen and oxygen atoms in total. The van der Waals surface area contributed by atoms with Crippen LogP contribution < -0.4 is 0 Å². The summed E-state index contributed by atoms with van der Waals surface area (Å²) in [5.74, 6) is 0.465. The molecule has 1 aromatic carbocycles. The molecular weight excluding hydrogens is 252 g/mol. The molecule has 3 unspecified atom stereocenters. The summed E-state index contributed by atoms with van der Waals surface area (Å²) < 4.78 is 11.0. The van der Waals surface area contributed by atoms with E-state index in [4.69, 9.17) is 9.47 Å². The van der Waals surface area contributed by atoms with Gasteiger partial charge in [0.15, 0.2) is 0 Å². The lowest BCUT2D eigenvalue weighted by Crippen LogP contribution is -2.32. The van der Waals surface area contributed by atoms with Crippen molar-refractivity contribution in [3.63, 3.8) is 0 Å². The van der Waals surface area contributed by atoms with E-state index >= 15 is 0 Å². The molecule has 3 rings (SSSR count). The van der Waals surface area contributed by atoms with Gasteiger partial charge >= 0.3 is 5.97 Å². The SMILES string of the molecule is CCOC(=O)C1CCCC(C2(c3ccccc3)CO2)C1. The van der Waals surface area contributed by atoms with Gasteiger partial charge in [0.1, 0.15) is 5.60 Å². The van der Waals surface area contributed by atoms with Crippen molar-refractivity contribution in [2.45, 2.75) is 38.2 Å². The lowest BCUT2D eigenvalue weighted by Gasteiger charge is -2.32. The fourth-order valence-electron chi connectivity index (χ4n) is 3.52. The maximum atomic E-state index is 12.0. The molecule has 0 amide bonds. The summed E-state index contributed by atoms with van der Waals surface area (Å²) in [5.41, 5.74) is 1.13. The summed E-state index contributed by atoms with van der Waals surface area (Å²) in [7, 11) is 0. The number of epoxide rings is 1. The highest BCUT2D eigenvalue weighted by Crippen LogP contribution is 2.51. The molecule has 3 atom stereocenters. The Balaban J connectivity index is 1.73. The highest BCUT2D eigenvalue weighted by molar-refractivity contribution is 5.72. The van der Waals surface area contributed by atoms with Crippen LogP contribution in [0.15, 0.2) is 30.3 Å². The Labute approximate surface area is 120 Å². The largest absolute Gasteiger partial charge is 0.466 e. The first-order valence-electron chi connectivity index (χ1n) is 7.62. The molecule has 0 spiro atoms. The van der Waals surface area contributed by atoms with Crippen molar-refractivity contribution in [2.75, 3.05) is 13.2 Å². The van der Waals surface area contributed by atoms with E-state index in [-0.39, 0.29) is 17.5 Å². The van der Waals surface area contributed by atoms with Gasteiger partial charge in [-0.25, -0.2) is 0 Å². The van der Waals surface area contributed by atoms with E-state index in [0.29, 0.717) is 12.5 Å². The van der Waals surface area contributed by atoms with Crippen molar-refractivity contribution in [1.82, 2.24) is 0 Å². The van der Waals surface area contributed by atoms with E-state index in [1.807, 2.05) is 13.0 Å². The van der Waals surface area contributed by atoms with Gasteiger partial charge in [-0.15, -0.1) is 0 Å². The molecule has 0 radical (unpaired) electrons. The average Bonchev–Trinajstić information content (AvgIpc) is 3.30. The molecule has 1 saturated carbocycles. The number of hydrogen-bond donors (Lipinski definition) is 0. The second kappa shape index (κ2) is 5.57. The molecule has 3 heteroatoms. The highest BCUT2D eigenvalue weighted by atomic mass is 16.6. The Hall–Kier alpha value is -1.35. The predicted octanol–water partition coefficient (Wildman–Crippen LogP) is 3.28. The zero-order valence-corrected chi connectivity index (χ0v) is 12.0. The third-order valence-corrected chi connectivity index (χ3v) is 4.67. The number of benzene rings is 1. The van der Waals surface area contributed by atoms with Gasteiger partial charge in [-0.2, -0.15) is 0 Å². The van der Waals surface area contributed by atoms with Crippen molar-refractivity contribution in [3.8, 4) is 0 Å². The van der Waals surface area contributed by atoms with Crippen molar-refractivity contribution >= 4 is 5.97 Å². The summed E-state index contributed by atoms with van der Waals surface area (Å²) in [6.07, 6.45) is 4.09. The van der Waals surface area contributed by atoms with Crippen LogP contribution in [0, 0.1) is 11.8 Å². The minimum atomic E-state index is -0.133. The summed E-state index contributed by atoms with van der Waals surface area (Å²) >= 11 is 0. The second-order valence-electron chi connectivity index (χ2n) is 5.86. The second-order valence-corrected chi connectivity index (χ2v) is 5.86. The Morgan fingerprint density at radius 1 is 1.35 bits per heavy atom. The Kier molecular flexibility index (Phi) is 3.79. The van der Waals surface area contributed by atoms with E-state index in [1.54, 1.807) is 0 Å². The first-order chi connectivity index (χ1) is 9.76. The molecule has 20 heavy (non-hydrogen) atoms. The molecule has 0 bridgehead atoms. The summed E-state index contributed by atoms with van der Waals surface area (Å²) in [4.78, 5) is 12.0. The smallest absolute Gasteiger partial charge is 0.308 e. The van der Waals surface area contributed by atoms with Crippen LogP contribution in [0.4, 0.5) is 0 Å². The molecule has 0 aromatic heterocycles. The number of rotatable bonds is 4. The van der Waals surface area contributed by atoms with Gasteiger partial charge in [0, 0.05) is 0 Å². The predicted molar refractivity (Wildman–Crippen MR) is 76.2 cm³/mol. The van der Waals surface area contributed by atoms with Gasteiger partial charge in [0.25, 0.3) is 0 Å². The van der Waals surface area contributed by atoms with Gasteiger partial charge in [0.2, 0.25) is 0 Å². The van der Waals surface area contributed by atoms with Crippen LogP contribution >= 0.6 is 0 Å². The molecule has 1 aliphatic heterocycles. The number of carbonyl (C=O) groups excluding carboxylic acids is 1. The lowest BCUT2D eigenvalue weighted by atomic mass is 9.73. The molecule has 2 aliphatic rings. The van der Waals surface area contributed by atoms with Crippen molar-refractivity contribution in [3.05, 3.63) is 35.9 Å². The number of esters is 1. The molecule has 108 valence electrons. The number of carbonyl (C=O) groups is 1. The Morgan fingerprint density at radius 3 is 2.75 bits per heavy atom. The number of ether oxygens (including phenoxy) is 2. The highest BCUT2D eigenvalue weighted by Gasteiger charge is 2.54. The average molecular weight is 274 g/mol. The van der Waals surface area contributed by atoms with Gasteiger partial charge in [-0.3, -0.25) is 4.79 Å². The van der Waals surface area contributed by atoms with Crippen LogP contribution in [0.5, 0.6) is 0 Å². The molecule has 2 fully saturated rings. The summed E-state index contributed by atoms with van der Waals surface area (Å²) in [6, 6.07) is 10.4. The maximum absolute atomic E-state index is 12.0. The van der Waals surface area contributed by atoms with Crippen LogP contribution in [0.2, 0.25) is 0 Å². The Morgan fingerprint density at radius 2 is 2.10 bits per heavy atom. The molecule has 0 N–H and O–H groups in total. The minimum absolute atomic E-state index is 0.0268. The summed E-state index contributed by atoms with van der Waals surface area (Å²) in [6.45, 7) is 3.13. The van der Waals surface area contributed by atoms with Crippen LogP contribution in [-0.4, -0.2) is 19.2 Å². The zero-order valence-electron chi connectivity index (χ0n) is 12.0. The van der Waals surface area contributed by atoms with Gasteiger partial charge < -0.3 is 9.47 Å². The van der Waals surface area contributed by atoms with E-state index in [9.17, 15) is 4.79 Å². The fourth-order valence-corrected chi connectivity index (χ4v) is 3.52. The van der Waals surface area contributed by atoms with Gasteiger partial charge in [0.05, 0.1) is 19.1 Å². The molecule has 1 aromatic rings. The van der Waals surface area contributed by atoms with E-state index in [1.165, 1.54) is 5.56 Å². The third-order valence-electron chi connectivity index (χ3n) is 4.67. The molecular formula is C17H22O3. The van der Waals surface area contributed by atoms with E-state index in [0.717, 1.165) is 32.3 Å². The number of hydrogen-bond acceptors (Lipinski definition) is 3. The van der Waals surface area contributed by atoms with Crippen molar-refractivity contribution in [1.29, 1.82) is 0 Å². The van der Waals surface area contributed by atoms with Crippen LogP contribution in [0.25, 0.3) is 0 Å². The normalized spacial score (nSPS) is 32.6. The Bertz CT molecular complexity index is 464. The first-order valence-corrected chi connectivity index (χ1v) is 7.62. The van der Waals surface area contributed by atoms with Crippen molar-refractivity contribution in [2.24, 2.45) is 11.8 Å². The summed E-state index contributed by atoms with van der Waals surface area (Å²) in [5, 5.41) is 0. The molecule has 1 saturated heterocycles. The molecule has 1 heterocycles. The van der Waals surface area contributed by atoms with Gasteiger partial charge in [-0.1, -0.05) is 36.8 Å². The van der Waals surface area contributed by atoms with Crippen molar-refractivity contribution < 1.29 is 14.3 Å². The topological polar surface area (TPSA) is 38.8 Å². The third kappa shape index (κ3) is 2.47. The standard InChI is InChI=1S/C17H22O3/c1-2-19-16(18)13-7-6-10-15(11-13)17(12-20-17)14-8-4-3-5-9-14/h3-5,8-9,13,15H,2,6-7,10-12H2,1H3. The lowest BCUT2D eigenvalue weighted by molar-refractivity contribution is -0.150. The minimum Gasteiger partial charge on any atom is -0.466 e. The van der Waals surface area contributed by atoms with Crippen LogP contribution in [0.3, 0.4) is 0 Å². The monoisotopic (exact) mass is 274 g/mol. The van der Waals surface area contributed by atoms with Gasteiger partial charge in [-0.05, 0) is 37.7 Å². The zero-order chi connectivity index (χ0) is 14.0. The first kappa shape index (κ1) is 13.6. The van der Waals surface area contributed by atoms with E-state index in [2.05, 4.69) is 24.3 Å².